The van der Waals surface area contributed by atoms with Gasteiger partial charge in [-0.05, 0) is 37.1 Å². The van der Waals surface area contributed by atoms with Gasteiger partial charge in [0.05, 0.1) is 36.3 Å². The largest absolute Gasteiger partial charge is 0.493 e. The number of amides is 1. The number of carbonyl (C=O) groups excluding carboxylic acids is 2. The minimum atomic E-state index is -0.695. The summed E-state index contributed by atoms with van der Waals surface area (Å²) in [4.78, 5) is 32.4. The number of hydrogen-bond acceptors (Lipinski definition) is 8. The van der Waals surface area contributed by atoms with Gasteiger partial charge in [-0.15, -0.1) is 0 Å². The van der Waals surface area contributed by atoms with E-state index in [4.69, 9.17) is 18.9 Å². The summed E-state index contributed by atoms with van der Waals surface area (Å²) >= 11 is 1.38. The molecule has 1 saturated heterocycles. The van der Waals surface area contributed by atoms with Crippen molar-refractivity contribution < 1.29 is 28.5 Å². The third kappa shape index (κ3) is 5.21. The smallest absolute Gasteiger partial charge is 0.338 e. The highest BCUT2D eigenvalue weighted by Crippen LogP contribution is 2.44. The lowest BCUT2D eigenvalue weighted by molar-refractivity contribution is -0.141. The summed E-state index contributed by atoms with van der Waals surface area (Å²) in [6, 6.07) is 14.6. The van der Waals surface area contributed by atoms with Crippen molar-refractivity contribution in [2.24, 2.45) is 4.99 Å². The van der Waals surface area contributed by atoms with E-state index in [2.05, 4.69) is 4.99 Å². The Kier molecular flexibility index (Phi) is 7.77. The average molecular weight is 497 g/mol. The van der Waals surface area contributed by atoms with Crippen molar-refractivity contribution >= 4 is 28.8 Å². The Morgan fingerprint density at radius 2 is 1.86 bits per heavy atom. The number of aliphatic imine (C=N–C) groups is 1. The molecule has 2 aliphatic rings. The standard InChI is InChI=1S/C26H28N2O6S/c1-16-22(25(30)33-13-12-31-3)23(28-24(29)17(2)35-26(28)27-16)19-10-11-20(21(14-19)32-4)34-15-18-8-6-5-7-9-18/h5-11,14,17,23H,12-13,15H2,1-4H3. The number of rotatable bonds is 9. The van der Waals surface area contributed by atoms with Gasteiger partial charge in [0.25, 0.3) is 0 Å². The van der Waals surface area contributed by atoms with Gasteiger partial charge in [0.2, 0.25) is 5.91 Å². The number of ether oxygens (including phenoxy) is 4. The number of nitrogens with zero attached hydrogens (tertiary/aromatic N) is 2. The zero-order valence-electron chi connectivity index (χ0n) is 20.1. The number of carbonyl (C=O) groups is 2. The Labute approximate surface area is 208 Å². The number of thioether (sulfide) groups is 1. The summed E-state index contributed by atoms with van der Waals surface area (Å²) in [5, 5.41) is 0.269. The third-order valence-electron chi connectivity index (χ3n) is 5.74. The third-order valence-corrected chi connectivity index (χ3v) is 6.79. The predicted molar refractivity (Wildman–Crippen MR) is 133 cm³/mol. The van der Waals surface area contributed by atoms with E-state index in [0.717, 1.165) is 5.56 Å². The van der Waals surface area contributed by atoms with Gasteiger partial charge >= 0.3 is 5.97 Å². The molecule has 2 aromatic rings. The Bertz CT molecular complexity index is 1160. The maximum atomic E-state index is 13.1. The number of fused-ring (bicyclic) bond motifs is 1. The van der Waals surface area contributed by atoms with E-state index in [-0.39, 0.29) is 24.4 Å². The Hall–Kier alpha value is -3.30. The molecule has 0 spiro atoms. The summed E-state index contributed by atoms with van der Waals surface area (Å²) in [5.41, 5.74) is 2.55. The number of amidine groups is 1. The normalized spacial score (nSPS) is 19.4. The van der Waals surface area contributed by atoms with E-state index in [0.29, 0.717) is 40.1 Å². The SMILES string of the molecule is COCCOC(=O)C1=C(C)N=C2SC(C)C(=O)N2C1c1ccc(OCc2ccccc2)c(OC)c1. The van der Waals surface area contributed by atoms with E-state index in [1.54, 1.807) is 31.1 Å². The number of allylic oxidation sites excluding steroid dienone is 1. The summed E-state index contributed by atoms with van der Waals surface area (Å²) in [6.45, 7) is 4.34. The first kappa shape index (κ1) is 24.8. The summed E-state index contributed by atoms with van der Waals surface area (Å²) in [6.07, 6.45) is 0. The number of hydrogen-bond donors (Lipinski definition) is 0. The Morgan fingerprint density at radius 1 is 1.09 bits per heavy atom. The van der Waals surface area contributed by atoms with Crippen molar-refractivity contribution in [3.05, 3.63) is 70.9 Å². The van der Waals surface area contributed by atoms with Gasteiger partial charge in [0.1, 0.15) is 13.2 Å². The van der Waals surface area contributed by atoms with Crippen LogP contribution >= 0.6 is 11.8 Å². The van der Waals surface area contributed by atoms with Gasteiger partial charge < -0.3 is 18.9 Å². The van der Waals surface area contributed by atoms with E-state index in [1.165, 1.54) is 18.9 Å². The molecule has 0 N–H and O–H groups in total. The van der Waals surface area contributed by atoms with Crippen LogP contribution in [-0.4, -0.2) is 54.6 Å². The molecule has 2 unspecified atom stereocenters. The maximum Gasteiger partial charge on any atom is 0.338 e. The molecule has 2 heterocycles. The van der Waals surface area contributed by atoms with Crippen LogP contribution in [0.25, 0.3) is 0 Å². The molecule has 0 aliphatic carbocycles. The van der Waals surface area contributed by atoms with Gasteiger partial charge in [-0.3, -0.25) is 9.69 Å². The first-order valence-electron chi connectivity index (χ1n) is 11.2. The molecule has 184 valence electrons. The van der Waals surface area contributed by atoms with Crippen LogP contribution in [0.2, 0.25) is 0 Å². The van der Waals surface area contributed by atoms with Crippen molar-refractivity contribution in [1.82, 2.24) is 4.90 Å². The second-order valence-corrected chi connectivity index (χ2v) is 9.39. The molecule has 35 heavy (non-hydrogen) atoms. The molecule has 8 nitrogen and oxygen atoms in total. The van der Waals surface area contributed by atoms with Gasteiger partial charge in [-0.1, -0.05) is 48.2 Å². The highest BCUT2D eigenvalue weighted by molar-refractivity contribution is 8.15. The van der Waals surface area contributed by atoms with Crippen molar-refractivity contribution in [2.75, 3.05) is 27.4 Å². The molecular weight excluding hydrogens is 468 g/mol. The fraction of sp³-hybridized carbons (Fsp3) is 0.346. The highest BCUT2D eigenvalue weighted by Gasteiger charge is 2.46. The zero-order chi connectivity index (χ0) is 24.9. The molecule has 0 radical (unpaired) electrons. The summed E-state index contributed by atoms with van der Waals surface area (Å²) in [7, 11) is 3.09. The zero-order valence-corrected chi connectivity index (χ0v) is 21.0. The summed E-state index contributed by atoms with van der Waals surface area (Å²) in [5.74, 6) is 0.412. The van der Waals surface area contributed by atoms with Gasteiger partial charge in [-0.25, -0.2) is 9.79 Å². The van der Waals surface area contributed by atoms with Crippen LogP contribution in [-0.2, 0) is 25.7 Å². The maximum absolute atomic E-state index is 13.1. The van der Waals surface area contributed by atoms with Crippen LogP contribution in [0.4, 0.5) is 0 Å². The topological polar surface area (TPSA) is 86.7 Å². The van der Waals surface area contributed by atoms with Crippen LogP contribution in [0.5, 0.6) is 11.5 Å². The fourth-order valence-electron chi connectivity index (χ4n) is 3.98. The number of methoxy groups -OCH3 is 2. The van der Waals surface area contributed by atoms with Crippen LogP contribution < -0.4 is 9.47 Å². The molecule has 1 amide bonds. The molecule has 0 bridgehead atoms. The monoisotopic (exact) mass is 496 g/mol. The molecule has 9 heteroatoms. The van der Waals surface area contributed by atoms with E-state index >= 15 is 0 Å². The minimum absolute atomic E-state index is 0.101. The van der Waals surface area contributed by atoms with E-state index < -0.39 is 12.0 Å². The molecule has 0 aromatic heterocycles. The fourth-order valence-corrected chi connectivity index (χ4v) is 5.01. The van der Waals surface area contributed by atoms with Crippen LogP contribution in [0, 0.1) is 0 Å². The second-order valence-electron chi connectivity index (χ2n) is 8.08. The Balaban J connectivity index is 1.69. The first-order valence-corrected chi connectivity index (χ1v) is 12.1. The lowest BCUT2D eigenvalue weighted by Gasteiger charge is -2.33. The quantitative estimate of drug-likeness (QED) is 0.381. The lowest BCUT2D eigenvalue weighted by atomic mass is 9.94. The number of benzene rings is 2. The average Bonchev–Trinajstić information content (AvgIpc) is 3.15. The van der Waals surface area contributed by atoms with Crippen LogP contribution in [0.1, 0.15) is 31.0 Å². The van der Waals surface area contributed by atoms with Crippen molar-refractivity contribution in [1.29, 1.82) is 0 Å². The Morgan fingerprint density at radius 3 is 2.57 bits per heavy atom. The minimum Gasteiger partial charge on any atom is -0.493 e. The molecule has 1 fully saturated rings. The van der Waals surface area contributed by atoms with Crippen molar-refractivity contribution in [2.45, 2.75) is 31.7 Å². The molecule has 4 rings (SSSR count). The van der Waals surface area contributed by atoms with Crippen molar-refractivity contribution in [3.63, 3.8) is 0 Å². The highest BCUT2D eigenvalue weighted by atomic mass is 32.2. The first-order chi connectivity index (χ1) is 16.9. The van der Waals surface area contributed by atoms with Gasteiger partial charge in [0.15, 0.2) is 16.7 Å². The van der Waals surface area contributed by atoms with Gasteiger partial charge in [-0.2, -0.15) is 0 Å². The van der Waals surface area contributed by atoms with E-state index in [9.17, 15) is 9.59 Å². The second kappa shape index (κ2) is 11.0. The lowest BCUT2D eigenvalue weighted by Crippen LogP contribution is -2.40. The molecular formula is C26H28N2O6S. The molecule has 2 atom stereocenters. The van der Waals surface area contributed by atoms with Crippen LogP contribution in [0.3, 0.4) is 0 Å². The molecule has 2 aromatic carbocycles. The van der Waals surface area contributed by atoms with E-state index in [1.807, 2.05) is 43.3 Å². The summed E-state index contributed by atoms with van der Waals surface area (Å²) < 4.78 is 22.0. The predicted octanol–water partition coefficient (Wildman–Crippen LogP) is 4.11. The van der Waals surface area contributed by atoms with Crippen LogP contribution in [0.15, 0.2) is 64.8 Å². The molecule has 2 aliphatic heterocycles. The van der Waals surface area contributed by atoms with Gasteiger partial charge in [0, 0.05) is 7.11 Å². The number of esters is 1. The van der Waals surface area contributed by atoms with Crippen molar-refractivity contribution in [3.8, 4) is 11.5 Å². The molecule has 0 saturated carbocycles.